The van der Waals surface area contributed by atoms with Crippen LogP contribution < -0.4 is 10.5 Å². The Kier molecular flexibility index (Phi) is 3.63. The van der Waals surface area contributed by atoms with Gasteiger partial charge in [-0.15, -0.1) is 0 Å². The lowest BCUT2D eigenvalue weighted by atomic mass is 9.83. The first-order valence-electron chi connectivity index (χ1n) is 7.18. The molecular formula is C16H20N2O2. The van der Waals surface area contributed by atoms with Gasteiger partial charge in [0.1, 0.15) is 5.75 Å². The van der Waals surface area contributed by atoms with Crippen molar-refractivity contribution in [1.82, 2.24) is 5.16 Å². The van der Waals surface area contributed by atoms with Gasteiger partial charge < -0.3 is 15.0 Å². The minimum atomic E-state index is 0.366. The predicted molar refractivity (Wildman–Crippen MR) is 78.7 cm³/mol. The molecule has 0 saturated heterocycles. The van der Waals surface area contributed by atoms with Crippen LogP contribution in [0.3, 0.4) is 0 Å². The lowest BCUT2D eigenvalue weighted by molar-refractivity contribution is 0.387. The summed E-state index contributed by atoms with van der Waals surface area (Å²) < 4.78 is 10.5. The van der Waals surface area contributed by atoms with Crippen molar-refractivity contribution in [3.05, 3.63) is 30.0 Å². The third kappa shape index (κ3) is 2.38. The summed E-state index contributed by atoms with van der Waals surface area (Å²) in [5.74, 6) is 1.92. The number of nitrogen functional groups attached to an aromatic ring is 1. The van der Waals surface area contributed by atoms with Crippen molar-refractivity contribution in [2.24, 2.45) is 0 Å². The Bertz CT molecular complexity index is 586. The highest BCUT2D eigenvalue weighted by molar-refractivity contribution is 5.73. The van der Waals surface area contributed by atoms with Gasteiger partial charge in [-0.2, -0.15) is 0 Å². The topological polar surface area (TPSA) is 61.3 Å². The van der Waals surface area contributed by atoms with Gasteiger partial charge in [0.25, 0.3) is 0 Å². The Hall–Kier alpha value is -1.97. The monoisotopic (exact) mass is 272 g/mol. The molecule has 1 saturated carbocycles. The third-order valence-electron chi connectivity index (χ3n) is 4.18. The zero-order chi connectivity index (χ0) is 13.9. The van der Waals surface area contributed by atoms with Gasteiger partial charge in [0, 0.05) is 0 Å². The van der Waals surface area contributed by atoms with E-state index >= 15 is 0 Å². The van der Waals surface area contributed by atoms with Crippen LogP contribution in [0.1, 0.15) is 43.6 Å². The molecule has 1 aliphatic carbocycles. The molecule has 0 unspecified atom stereocenters. The van der Waals surface area contributed by atoms with Crippen molar-refractivity contribution in [1.29, 1.82) is 0 Å². The maximum Gasteiger partial charge on any atom is 0.229 e. The molecule has 106 valence electrons. The summed E-state index contributed by atoms with van der Waals surface area (Å²) in [5.41, 5.74) is 8.99. The van der Waals surface area contributed by atoms with Crippen molar-refractivity contribution in [3.8, 4) is 16.9 Å². The van der Waals surface area contributed by atoms with Gasteiger partial charge in [-0.1, -0.05) is 30.5 Å². The maximum absolute atomic E-state index is 5.81. The molecule has 0 amide bonds. The molecule has 1 aromatic carbocycles. The number of methoxy groups -OCH3 is 1. The molecule has 2 aromatic rings. The Morgan fingerprint density at radius 1 is 1.25 bits per heavy atom. The van der Waals surface area contributed by atoms with Crippen LogP contribution in [-0.2, 0) is 0 Å². The largest absolute Gasteiger partial charge is 0.496 e. The highest BCUT2D eigenvalue weighted by Gasteiger charge is 2.20. The smallest absolute Gasteiger partial charge is 0.229 e. The number of ether oxygens (including phenoxy) is 1. The summed E-state index contributed by atoms with van der Waals surface area (Å²) in [6.45, 7) is 0. The van der Waals surface area contributed by atoms with E-state index in [0.717, 1.165) is 16.9 Å². The van der Waals surface area contributed by atoms with E-state index in [2.05, 4.69) is 11.2 Å². The van der Waals surface area contributed by atoms with Crippen LogP contribution in [-0.4, -0.2) is 12.3 Å². The molecule has 20 heavy (non-hydrogen) atoms. The molecule has 0 atom stereocenters. The first-order chi connectivity index (χ1) is 9.79. The standard InChI is InChI=1S/C16H20N2O2/c1-19-15-8-7-12(14-10-18-20-16(14)17)9-13(15)11-5-3-2-4-6-11/h7-11H,2-6,17H2,1H3. The zero-order valence-electron chi connectivity index (χ0n) is 11.8. The minimum absolute atomic E-state index is 0.366. The molecule has 0 aliphatic heterocycles. The van der Waals surface area contributed by atoms with E-state index < -0.39 is 0 Å². The van der Waals surface area contributed by atoms with E-state index in [-0.39, 0.29) is 0 Å². The summed E-state index contributed by atoms with van der Waals surface area (Å²) in [6, 6.07) is 6.21. The summed E-state index contributed by atoms with van der Waals surface area (Å²) in [4.78, 5) is 0. The Morgan fingerprint density at radius 2 is 2.05 bits per heavy atom. The Morgan fingerprint density at radius 3 is 2.70 bits per heavy atom. The number of rotatable bonds is 3. The van der Waals surface area contributed by atoms with Crippen LogP contribution in [0.5, 0.6) is 5.75 Å². The van der Waals surface area contributed by atoms with Crippen LogP contribution >= 0.6 is 0 Å². The van der Waals surface area contributed by atoms with Crippen LogP contribution in [0.2, 0.25) is 0 Å². The summed E-state index contributed by atoms with van der Waals surface area (Å²) in [6.07, 6.45) is 8.08. The van der Waals surface area contributed by atoms with Crippen LogP contribution in [0.25, 0.3) is 11.1 Å². The normalized spacial score (nSPS) is 16.2. The molecule has 2 N–H and O–H groups in total. The molecule has 1 aliphatic rings. The number of nitrogens with zero attached hydrogens (tertiary/aromatic N) is 1. The van der Waals surface area contributed by atoms with Gasteiger partial charge in [-0.25, -0.2) is 0 Å². The first kappa shape index (κ1) is 13.0. The lowest BCUT2D eigenvalue weighted by Crippen LogP contribution is -2.06. The van der Waals surface area contributed by atoms with Crippen molar-refractivity contribution in [3.63, 3.8) is 0 Å². The summed E-state index contributed by atoms with van der Waals surface area (Å²) in [7, 11) is 1.73. The molecule has 3 rings (SSSR count). The van der Waals surface area contributed by atoms with Crippen molar-refractivity contribution in [2.75, 3.05) is 12.8 Å². The number of nitrogens with two attached hydrogens (primary N) is 1. The molecular weight excluding hydrogens is 252 g/mol. The van der Waals surface area contributed by atoms with Gasteiger partial charge >= 0.3 is 0 Å². The van der Waals surface area contributed by atoms with Crippen molar-refractivity contribution in [2.45, 2.75) is 38.0 Å². The van der Waals surface area contributed by atoms with Crippen LogP contribution in [0, 0.1) is 0 Å². The van der Waals surface area contributed by atoms with Gasteiger partial charge in [-0.05, 0) is 42.0 Å². The summed E-state index contributed by atoms with van der Waals surface area (Å²) in [5, 5.41) is 3.75. The molecule has 1 fully saturated rings. The number of anilines is 1. The van der Waals surface area contributed by atoms with Gasteiger partial charge in [-0.3, -0.25) is 0 Å². The fourth-order valence-electron chi connectivity index (χ4n) is 3.10. The lowest BCUT2D eigenvalue weighted by Gasteiger charge is -2.24. The average molecular weight is 272 g/mol. The molecule has 0 bridgehead atoms. The van der Waals surface area contributed by atoms with Gasteiger partial charge in [0.05, 0.1) is 18.9 Å². The second kappa shape index (κ2) is 5.57. The van der Waals surface area contributed by atoms with E-state index in [1.54, 1.807) is 13.3 Å². The van der Waals surface area contributed by atoms with E-state index in [9.17, 15) is 0 Å². The number of hydrogen-bond donors (Lipinski definition) is 1. The van der Waals surface area contributed by atoms with E-state index in [1.165, 1.54) is 37.7 Å². The van der Waals surface area contributed by atoms with Gasteiger partial charge in [0.15, 0.2) is 0 Å². The molecule has 1 heterocycles. The number of benzene rings is 1. The van der Waals surface area contributed by atoms with Gasteiger partial charge in [0.2, 0.25) is 5.88 Å². The third-order valence-corrected chi connectivity index (χ3v) is 4.18. The molecule has 1 aromatic heterocycles. The number of aromatic nitrogens is 1. The maximum atomic E-state index is 5.81. The predicted octanol–water partition coefficient (Wildman–Crippen LogP) is 3.98. The average Bonchev–Trinajstić information content (AvgIpc) is 2.93. The second-order valence-electron chi connectivity index (χ2n) is 5.40. The van der Waals surface area contributed by atoms with Crippen molar-refractivity contribution >= 4 is 5.88 Å². The highest BCUT2D eigenvalue weighted by atomic mass is 16.5. The molecule has 0 radical (unpaired) electrons. The Labute approximate surface area is 118 Å². The minimum Gasteiger partial charge on any atom is -0.496 e. The second-order valence-corrected chi connectivity index (χ2v) is 5.40. The zero-order valence-corrected chi connectivity index (χ0v) is 11.8. The molecule has 0 spiro atoms. The van der Waals surface area contributed by atoms with Crippen LogP contribution in [0.15, 0.2) is 28.9 Å². The summed E-state index contributed by atoms with van der Waals surface area (Å²) >= 11 is 0. The number of hydrogen-bond acceptors (Lipinski definition) is 4. The van der Waals surface area contributed by atoms with Crippen LogP contribution in [0.4, 0.5) is 5.88 Å². The SMILES string of the molecule is COc1ccc(-c2cnoc2N)cc1C1CCCCC1. The Balaban J connectivity index is 2.00. The molecule has 4 heteroatoms. The van der Waals surface area contributed by atoms with Crippen molar-refractivity contribution < 1.29 is 9.26 Å². The quantitative estimate of drug-likeness (QED) is 0.918. The fraction of sp³-hybridized carbons (Fsp3) is 0.438. The van der Waals surface area contributed by atoms with E-state index in [0.29, 0.717) is 11.8 Å². The first-order valence-corrected chi connectivity index (χ1v) is 7.18. The highest BCUT2D eigenvalue weighted by Crippen LogP contribution is 2.40. The van der Waals surface area contributed by atoms with E-state index in [1.807, 2.05) is 12.1 Å². The fourth-order valence-corrected chi connectivity index (χ4v) is 3.10. The molecule has 4 nitrogen and oxygen atoms in total. The van der Waals surface area contributed by atoms with E-state index in [4.69, 9.17) is 15.0 Å².